The molecule has 2 rings (SSSR count). The number of likely N-dealkylation sites (N-methyl/N-ethyl adjacent to an activating group) is 1. The molecule has 4 nitrogen and oxygen atoms in total. The predicted octanol–water partition coefficient (Wildman–Crippen LogP) is 2.31. The zero-order valence-electron chi connectivity index (χ0n) is 10.3. The molecule has 1 aromatic heterocycles. The lowest BCUT2D eigenvalue weighted by Gasteiger charge is -2.22. The van der Waals surface area contributed by atoms with E-state index in [1.165, 1.54) is 0 Å². The van der Waals surface area contributed by atoms with Crippen LogP contribution in [-0.4, -0.2) is 27.6 Å². The van der Waals surface area contributed by atoms with Gasteiger partial charge in [0.1, 0.15) is 17.4 Å². The Balaban J connectivity index is 2.36. The fourth-order valence-corrected chi connectivity index (χ4v) is 1.94. The molecular weight excluding hydrogens is 218 g/mol. The summed E-state index contributed by atoms with van der Waals surface area (Å²) in [7, 11) is 5.07. The standard InChI is InChI=1S/C13H17NO3/c1-14-12(13(15-2)16-3)11-8-9-6-4-5-7-10(9)17-11/h4-8,12-14H,1-3H3. The summed E-state index contributed by atoms with van der Waals surface area (Å²) in [6.07, 6.45) is -0.374. The summed E-state index contributed by atoms with van der Waals surface area (Å²) >= 11 is 0. The van der Waals surface area contributed by atoms with Crippen molar-refractivity contribution in [3.8, 4) is 0 Å². The lowest BCUT2D eigenvalue weighted by atomic mass is 10.2. The van der Waals surface area contributed by atoms with Crippen LogP contribution in [0.25, 0.3) is 11.0 Å². The van der Waals surface area contributed by atoms with E-state index in [2.05, 4.69) is 5.32 Å². The van der Waals surface area contributed by atoms with Crippen molar-refractivity contribution in [2.45, 2.75) is 12.3 Å². The lowest BCUT2D eigenvalue weighted by Crippen LogP contribution is -2.32. The predicted molar refractivity (Wildman–Crippen MR) is 65.8 cm³/mol. The van der Waals surface area contributed by atoms with E-state index < -0.39 is 0 Å². The van der Waals surface area contributed by atoms with Crippen molar-refractivity contribution in [3.05, 3.63) is 36.1 Å². The highest BCUT2D eigenvalue weighted by atomic mass is 16.7. The molecule has 17 heavy (non-hydrogen) atoms. The molecule has 92 valence electrons. The van der Waals surface area contributed by atoms with E-state index in [0.717, 1.165) is 16.7 Å². The number of hydrogen-bond donors (Lipinski definition) is 1. The second-order valence-corrected chi connectivity index (χ2v) is 3.79. The van der Waals surface area contributed by atoms with E-state index in [1.807, 2.05) is 37.4 Å². The van der Waals surface area contributed by atoms with Crippen molar-refractivity contribution in [3.63, 3.8) is 0 Å². The van der Waals surface area contributed by atoms with Crippen LogP contribution in [0.3, 0.4) is 0 Å². The van der Waals surface area contributed by atoms with Gasteiger partial charge in [0, 0.05) is 19.6 Å². The van der Waals surface area contributed by atoms with Crippen LogP contribution in [-0.2, 0) is 9.47 Å². The molecule has 1 N–H and O–H groups in total. The third kappa shape index (κ3) is 2.34. The van der Waals surface area contributed by atoms with E-state index in [0.29, 0.717) is 0 Å². The molecule has 1 aromatic carbocycles. The maximum atomic E-state index is 5.78. The Kier molecular flexibility index (Phi) is 3.78. The molecule has 4 heteroatoms. The smallest absolute Gasteiger partial charge is 0.179 e. The van der Waals surface area contributed by atoms with Crippen LogP contribution in [0.1, 0.15) is 11.8 Å². The summed E-state index contributed by atoms with van der Waals surface area (Å²) in [6, 6.07) is 9.78. The van der Waals surface area contributed by atoms with Crippen LogP contribution in [0.5, 0.6) is 0 Å². The average Bonchev–Trinajstić information content (AvgIpc) is 2.78. The van der Waals surface area contributed by atoms with Gasteiger partial charge >= 0.3 is 0 Å². The SMILES string of the molecule is CNC(c1cc2ccccc2o1)C(OC)OC. The van der Waals surface area contributed by atoms with E-state index >= 15 is 0 Å². The fraction of sp³-hybridized carbons (Fsp3) is 0.385. The van der Waals surface area contributed by atoms with Gasteiger partial charge in [-0.3, -0.25) is 0 Å². The van der Waals surface area contributed by atoms with Crippen LogP contribution in [0.2, 0.25) is 0 Å². The molecule has 0 spiro atoms. The summed E-state index contributed by atoms with van der Waals surface area (Å²) < 4.78 is 16.3. The lowest BCUT2D eigenvalue weighted by molar-refractivity contribution is -0.126. The van der Waals surface area contributed by atoms with Gasteiger partial charge in [-0.05, 0) is 19.2 Å². The average molecular weight is 235 g/mol. The van der Waals surface area contributed by atoms with Gasteiger partial charge in [0.2, 0.25) is 0 Å². The Morgan fingerprint density at radius 1 is 1.18 bits per heavy atom. The van der Waals surface area contributed by atoms with Gasteiger partial charge in [-0.1, -0.05) is 18.2 Å². The van der Waals surface area contributed by atoms with Crippen molar-refractivity contribution in [2.24, 2.45) is 0 Å². The van der Waals surface area contributed by atoms with Gasteiger partial charge in [0.05, 0.1) is 0 Å². The summed E-state index contributed by atoms with van der Waals surface area (Å²) in [5, 5.41) is 4.21. The van der Waals surface area contributed by atoms with Gasteiger partial charge in [-0.2, -0.15) is 0 Å². The quantitative estimate of drug-likeness (QED) is 0.808. The normalized spacial score (nSPS) is 13.4. The number of furan rings is 1. The summed E-state index contributed by atoms with van der Waals surface area (Å²) in [6.45, 7) is 0. The number of nitrogens with one attached hydrogen (secondary N) is 1. The highest BCUT2D eigenvalue weighted by Crippen LogP contribution is 2.26. The first kappa shape index (κ1) is 12.1. The van der Waals surface area contributed by atoms with E-state index in [9.17, 15) is 0 Å². The van der Waals surface area contributed by atoms with Gasteiger partial charge < -0.3 is 19.2 Å². The second kappa shape index (κ2) is 5.31. The first-order valence-electron chi connectivity index (χ1n) is 5.51. The Morgan fingerprint density at radius 2 is 1.88 bits per heavy atom. The summed E-state index contributed by atoms with van der Waals surface area (Å²) in [5.74, 6) is 0.808. The van der Waals surface area contributed by atoms with Crippen molar-refractivity contribution in [2.75, 3.05) is 21.3 Å². The molecule has 1 atom stereocenters. The molecule has 0 saturated carbocycles. The molecule has 0 radical (unpaired) electrons. The number of rotatable bonds is 5. The number of benzene rings is 1. The van der Waals surface area contributed by atoms with E-state index in [1.54, 1.807) is 14.2 Å². The molecule has 0 fully saturated rings. The second-order valence-electron chi connectivity index (χ2n) is 3.79. The maximum absolute atomic E-state index is 5.78. The van der Waals surface area contributed by atoms with Gasteiger partial charge in [0.15, 0.2) is 6.29 Å². The van der Waals surface area contributed by atoms with E-state index in [-0.39, 0.29) is 12.3 Å². The molecule has 0 amide bonds. The van der Waals surface area contributed by atoms with Crippen molar-refractivity contribution in [1.82, 2.24) is 5.32 Å². The monoisotopic (exact) mass is 235 g/mol. The zero-order chi connectivity index (χ0) is 12.3. The number of methoxy groups -OCH3 is 2. The topological polar surface area (TPSA) is 43.6 Å². The van der Waals surface area contributed by atoms with Crippen LogP contribution in [0.4, 0.5) is 0 Å². The van der Waals surface area contributed by atoms with Crippen molar-refractivity contribution in [1.29, 1.82) is 0 Å². The molecule has 0 bridgehead atoms. The van der Waals surface area contributed by atoms with Gasteiger partial charge in [0.25, 0.3) is 0 Å². The minimum absolute atomic E-state index is 0.127. The van der Waals surface area contributed by atoms with Crippen LogP contribution < -0.4 is 5.32 Å². The Hall–Kier alpha value is -1.36. The first-order valence-corrected chi connectivity index (χ1v) is 5.51. The molecule has 2 aromatic rings. The van der Waals surface area contributed by atoms with Gasteiger partial charge in [-0.25, -0.2) is 0 Å². The molecule has 0 aliphatic carbocycles. The van der Waals surface area contributed by atoms with Crippen LogP contribution in [0.15, 0.2) is 34.7 Å². The zero-order valence-corrected chi connectivity index (χ0v) is 10.3. The number of para-hydroxylation sites is 1. The largest absolute Gasteiger partial charge is 0.459 e. The number of ether oxygens (including phenoxy) is 2. The molecule has 0 aliphatic heterocycles. The highest BCUT2D eigenvalue weighted by molar-refractivity contribution is 5.77. The van der Waals surface area contributed by atoms with Crippen LogP contribution >= 0.6 is 0 Å². The third-order valence-corrected chi connectivity index (χ3v) is 2.80. The van der Waals surface area contributed by atoms with Gasteiger partial charge in [-0.15, -0.1) is 0 Å². The van der Waals surface area contributed by atoms with Crippen molar-refractivity contribution < 1.29 is 13.9 Å². The molecule has 1 unspecified atom stereocenters. The first-order chi connectivity index (χ1) is 8.30. The third-order valence-electron chi connectivity index (χ3n) is 2.80. The molecule has 0 saturated heterocycles. The minimum atomic E-state index is -0.374. The minimum Gasteiger partial charge on any atom is -0.459 e. The number of hydrogen-bond acceptors (Lipinski definition) is 4. The van der Waals surface area contributed by atoms with Crippen LogP contribution in [0, 0.1) is 0 Å². The molecule has 1 heterocycles. The maximum Gasteiger partial charge on any atom is 0.179 e. The Morgan fingerprint density at radius 3 is 2.47 bits per heavy atom. The molecule has 0 aliphatic rings. The fourth-order valence-electron chi connectivity index (χ4n) is 1.94. The number of fused-ring (bicyclic) bond motifs is 1. The Bertz CT molecular complexity index is 443. The Labute approximate surface area is 101 Å². The van der Waals surface area contributed by atoms with E-state index in [4.69, 9.17) is 13.9 Å². The highest BCUT2D eigenvalue weighted by Gasteiger charge is 2.24. The summed E-state index contributed by atoms with van der Waals surface area (Å²) in [5.41, 5.74) is 0.869. The summed E-state index contributed by atoms with van der Waals surface area (Å²) in [4.78, 5) is 0. The van der Waals surface area contributed by atoms with Crippen molar-refractivity contribution >= 4 is 11.0 Å². The molecular formula is C13H17NO3.